The van der Waals surface area contributed by atoms with E-state index in [9.17, 15) is 14.0 Å². The zero-order valence-electron chi connectivity index (χ0n) is 17.2. The lowest BCUT2D eigenvalue weighted by Crippen LogP contribution is -2.29. The molecule has 0 aliphatic carbocycles. The van der Waals surface area contributed by atoms with Crippen LogP contribution in [0, 0.1) is 5.82 Å². The van der Waals surface area contributed by atoms with Crippen LogP contribution in [0.4, 0.5) is 10.1 Å². The van der Waals surface area contributed by atoms with Crippen molar-refractivity contribution in [1.29, 1.82) is 0 Å². The van der Waals surface area contributed by atoms with Gasteiger partial charge in [0.1, 0.15) is 0 Å². The maximum Gasteiger partial charge on any atom is 0.331 e. The number of benzene rings is 3. The van der Waals surface area contributed by atoms with E-state index in [2.05, 4.69) is 5.32 Å². The van der Waals surface area contributed by atoms with E-state index in [0.29, 0.717) is 11.3 Å². The summed E-state index contributed by atoms with van der Waals surface area (Å²) in [4.78, 5) is 24.6. The van der Waals surface area contributed by atoms with Crippen molar-refractivity contribution in [3.8, 4) is 16.9 Å². The minimum absolute atomic E-state index is 0.112. The first-order valence-corrected chi connectivity index (χ1v) is 9.65. The van der Waals surface area contributed by atoms with Crippen LogP contribution in [0.5, 0.6) is 5.75 Å². The predicted molar refractivity (Wildman–Crippen MR) is 118 cm³/mol. The molecule has 0 aliphatic heterocycles. The van der Waals surface area contributed by atoms with Crippen LogP contribution in [-0.2, 0) is 14.3 Å². The first-order valence-electron chi connectivity index (χ1n) is 9.65. The second kappa shape index (κ2) is 10.2. The zero-order valence-corrected chi connectivity index (χ0v) is 17.2. The van der Waals surface area contributed by atoms with Gasteiger partial charge in [0.2, 0.25) is 0 Å². The molecule has 0 heterocycles. The van der Waals surface area contributed by atoms with Crippen molar-refractivity contribution in [1.82, 2.24) is 0 Å². The molecule has 31 heavy (non-hydrogen) atoms. The Hall–Kier alpha value is -3.93. The molecule has 1 amide bonds. The highest BCUT2D eigenvalue weighted by Gasteiger charge is 2.18. The molecule has 5 nitrogen and oxygen atoms in total. The molecule has 0 saturated carbocycles. The van der Waals surface area contributed by atoms with Crippen molar-refractivity contribution in [2.75, 3.05) is 12.4 Å². The fourth-order valence-corrected chi connectivity index (χ4v) is 2.91. The molecule has 1 atom stereocenters. The monoisotopic (exact) mass is 419 g/mol. The van der Waals surface area contributed by atoms with Crippen molar-refractivity contribution in [2.24, 2.45) is 0 Å². The number of para-hydroxylation sites is 1. The summed E-state index contributed by atoms with van der Waals surface area (Å²) in [6.45, 7) is 1.49. The van der Waals surface area contributed by atoms with Gasteiger partial charge in [0, 0.05) is 17.3 Å². The van der Waals surface area contributed by atoms with Crippen LogP contribution < -0.4 is 10.1 Å². The maximum absolute atomic E-state index is 13.7. The second-order valence-electron chi connectivity index (χ2n) is 6.71. The highest BCUT2D eigenvalue weighted by atomic mass is 19.1. The zero-order chi connectivity index (χ0) is 22.2. The van der Waals surface area contributed by atoms with E-state index in [-0.39, 0.29) is 5.75 Å². The van der Waals surface area contributed by atoms with Crippen LogP contribution >= 0.6 is 0 Å². The van der Waals surface area contributed by atoms with Crippen molar-refractivity contribution >= 4 is 23.6 Å². The largest absolute Gasteiger partial charge is 0.494 e. The van der Waals surface area contributed by atoms with Crippen molar-refractivity contribution < 1.29 is 23.5 Å². The molecule has 0 bridgehead atoms. The van der Waals surface area contributed by atoms with Gasteiger partial charge in [-0.1, -0.05) is 54.6 Å². The minimum Gasteiger partial charge on any atom is -0.494 e. The topological polar surface area (TPSA) is 64.6 Å². The summed E-state index contributed by atoms with van der Waals surface area (Å²) >= 11 is 0. The normalized spacial score (nSPS) is 11.7. The Morgan fingerprint density at radius 3 is 2.42 bits per heavy atom. The second-order valence-corrected chi connectivity index (χ2v) is 6.71. The number of carbonyl (C=O) groups is 2. The highest BCUT2D eigenvalue weighted by molar-refractivity contribution is 5.99. The maximum atomic E-state index is 13.7. The Kier molecular flexibility index (Phi) is 7.17. The summed E-state index contributed by atoms with van der Waals surface area (Å²) in [6.07, 6.45) is 1.52. The molecule has 3 aromatic rings. The van der Waals surface area contributed by atoms with E-state index in [0.717, 1.165) is 17.2 Å². The molecule has 0 radical (unpaired) electrons. The fraction of sp³-hybridized carbons (Fsp3) is 0.120. The third-order valence-electron chi connectivity index (χ3n) is 4.52. The first kappa shape index (κ1) is 21.8. The lowest BCUT2D eigenvalue weighted by Gasteiger charge is -2.15. The molecule has 0 aliphatic rings. The third-order valence-corrected chi connectivity index (χ3v) is 4.52. The summed E-state index contributed by atoms with van der Waals surface area (Å²) in [6, 6.07) is 21.3. The number of nitrogens with one attached hydrogen (secondary N) is 1. The highest BCUT2D eigenvalue weighted by Crippen LogP contribution is 2.27. The Bertz CT molecular complexity index is 1100. The Labute approximate surface area is 180 Å². The number of anilines is 1. The quantitative estimate of drug-likeness (QED) is 0.428. The first-order chi connectivity index (χ1) is 15.0. The molecule has 3 aromatic carbocycles. The van der Waals surface area contributed by atoms with Crippen LogP contribution in [0.15, 0.2) is 78.9 Å². The van der Waals surface area contributed by atoms with Gasteiger partial charge in [-0.05, 0) is 42.3 Å². The number of carbonyl (C=O) groups excluding carboxylic acids is 2. The third kappa shape index (κ3) is 5.79. The average molecular weight is 419 g/mol. The van der Waals surface area contributed by atoms with Gasteiger partial charge < -0.3 is 14.8 Å². The Balaban J connectivity index is 1.62. The van der Waals surface area contributed by atoms with Gasteiger partial charge in [-0.15, -0.1) is 0 Å². The van der Waals surface area contributed by atoms with Crippen LogP contribution in [0.2, 0.25) is 0 Å². The lowest BCUT2D eigenvalue weighted by atomic mass is 10.0. The van der Waals surface area contributed by atoms with Crippen molar-refractivity contribution in [3.63, 3.8) is 0 Å². The molecule has 0 aromatic heterocycles. The number of ether oxygens (including phenoxy) is 2. The van der Waals surface area contributed by atoms with E-state index in [1.807, 2.05) is 48.5 Å². The van der Waals surface area contributed by atoms with Gasteiger partial charge >= 0.3 is 5.97 Å². The SMILES string of the molecule is COc1ccc(/C=C/C(=O)O[C@@H](C)C(=O)Nc2ccccc2-c2ccccc2)cc1F. The minimum atomic E-state index is -1.02. The molecule has 1 N–H and O–H groups in total. The summed E-state index contributed by atoms with van der Waals surface area (Å²) in [5.41, 5.74) is 2.89. The summed E-state index contributed by atoms with van der Waals surface area (Å²) < 4.78 is 23.8. The van der Waals surface area contributed by atoms with Gasteiger partial charge in [-0.25, -0.2) is 9.18 Å². The number of hydrogen-bond donors (Lipinski definition) is 1. The number of halogens is 1. The fourth-order valence-electron chi connectivity index (χ4n) is 2.91. The molecule has 158 valence electrons. The van der Waals surface area contributed by atoms with Crippen molar-refractivity contribution in [2.45, 2.75) is 13.0 Å². The summed E-state index contributed by atoms with van der Waals surface area (Å²) in [7, 11) is 1.37. The summed E-state index contributed by atoms with van der Waals surface area (Å²) in [5, 5.41) is 2.80. The number of amides is 1. The van der Waals surface area contributed by atoms with E-state index < -0.39 is 23.8 Å². The summed E-state index contributed by atoms with van der Waals surface area (Å²) in [5.74, 6) is -1.60. The molecule has 3 rings (SSSR count). The van der Waals surface area contributed by atoms with Crippen LogP contribution in [-0.4, -0.2) is 25.1 Å². The predicted octanol–water partition coefficient (Wildman–Crippen LogP) is 5.08. The molecule has 6 heteroatoms. The van der Waals surface area contributed by atoms with Gasteiger partial charge in [-0.3, -0.25) is 4.79 Å². The number of methoxy groups -OCH3 is 1. The number of rotatable bonds is 7. The van der Waals surface area contributed by atoms with Gasteiger partial charge in [0.05, 0.1) is 7.11 Å². The van der Waals surface area contributed by atoms with Crippen LogP contribution in [0.25, 0.3) is 17.2 Å². The van der Waals surface area contributed by atoms with Crippen molar-refractivity contribution in [3.05, 3.63) is 90.3 Å². The molecular weight excluding hydrogens is 397 g/mol. The van der Waals surface area contributed by atoms with Crippen LogP contribution in [0.3, 0.4) is 0 Å². The molecule has 0 saturated heterocycles. The van der Waals surface area contributed by atoms with E-state index in [1.54, 1.807) is 12.1 Å². The average Bonchev–Trinajstić information content (AvgIpc) is 2.78. The van der Waals surface area contributed by atoms with E-state index in [4.69, 9.17) is 9.47 Å². The van der Waals surface area contributed by atoms with E-state index >= 15 is 0 Å². The van der Waals surface area contributed by atoms with Gasteiger partial charge in [0.25, 0.3) is 5.91 Å². The standard InChI is InChI=1S/C25H22FNO4/c1-17(31-24(28)15-13-18-12-14-23(30-2)21(26)16-18)25(29)27-22-11-7-6-10-20(22)19-8-4-3-5-9-19/h3-17H,1-2H3,(H,27,29)/b15-13+/t17-/m0/s1. The molecule has 0 spiro atoms. The molecule has 0 unspecified atom stereocenters. The molecule has 0 fully saturated rings. The van der Waals surface area contributed by atoms with Crippen LogP contribution in [0.1, 0.15) is 12.5 Å². The number of hydrogen-bond acceptors (Lipinski definition) is 4. The Morgan fingerprint density at radius 1 is 1.00 bits per heavy atom. The molecular formula is C25H22FNO4. The Morgan fingerprint density at radius 2 is 1.71 bits per heavy atom. The van der Waals surface area contributed by atoms with Gasteiger partial charge in [-0.2, -0.15) is 0 Å². The number of esters is 1. The smallest absolute Gasteiger partial charge is 0.331 e. The van der Waals surface area contributed by atoms with Gasteiger partial charge in [0.15, 0.2) is 17.7 Å². The van der Waals surface area contributed by atoms with E-state index in [1.165, 1.54) is 32.2 Å². The lowest BCUT2D eigenvalue weighted by molar-refractivity contribution is -0.148.